The lowest BCUT2D eigenvalue weighted by Gasteiger charge is -2.24. The molecule has 0 saturated carbocycles. The third-order valence-electron chi connectivity index (χ3n) is 5.61. The van der Waals surface area contributed by atoms with E-state index in [1.807, 2.05) is 30.3 Å². The predicted molar refractivity (Wildman–Crippen MR) is 121 cm³/mol. The highest BCUT2D eigenvalue weighted by molar-refractivity contribution is 6.52. The first-order valence-electron chi connectivity index (χ1n) is 10.0. The zero-order valence-corrected chi connectivity index (χ0v) is 17.0. The van der Waals surface area contributed by atoms with E-state index in [1.165, 1.54) is 29.4 Å². The average molecular weight is 440 g/mol. The fourth-order valence-electron chi connectivity index (χ4n) is 4.14. The summed E-state index contributed by atoms with van der Waals surface area (Å²) < 4.78 is 5.56. The summed E-state index contributed by atoms with van der Waals surface area (Å²) in [5.41, 5.74) is 0.0756. The minimum Gasteiger partial charge on any atom is -0.507 e. The molecule has 1 fully saturated rings. The number of aliphatic hydroxyl groups excluding tert-OH is 1. The van der Waals surface area contributed by atoms with E-state index >= 15 is 0 Å². The first kappa shape index (κ1) is 20.2. The summed E-state index contributed by atoms with van der Waals surface area (Å²) in [6.45, 7) is 0. The van der Waals surface area contributed by atoms with Crippen LogP contribution in [0.3, 0.4) is 0 Å². The van der Waals surface area contributed by atoms with Crippen LogP contribution in [0.25, 0.3) is 16.5 Å². The molecule has 162 valence electrons. The fourth-order valence-corrected chi connectivity index (χ4v) is 4.14. The summed E-state index contributed by atoms with van der Waals surface area (Å²) in [6, 6.07) is 20.2. The zero-order valence-electron chi connectivity index (χ0n) is 17.0. The Hall–Kier alpha value is -4.72. The van der Waals surface area contributed by atoms with Crippen molar-refractivity contribution in [3.05, 3.63) is 112 Å². The van der Waals surface area contributed by atoms with Gasteiger partial charge in [0, 0.05) is 23.1 Å². The fraction of sp³-hybridized carbons (Fsp3) is 0.0400. The molecule has 0 aliphatic carbocycles. The molecule has 8 nitrogen and oxygen atoms in total. The first-order chi connectivity index (χ1) is 16.0. The van der Waals surface area contributed by atoms with Crippen LogP contribution in [-0.2, 0) is 9.59 Å². The number of carbonyl (C=O) groups excluding carboxylic acids is 2. The van der Waals surface area contributed by atoms with E-state index in [2.05, 4.69) is 0 Å². The Balaban J connectivity index is 1.75. The van der Waals surface area contributed by atoms with Gasteiger partial charge in [-0.25, -0.2) is 0 Å². The molecule has 0 radical (unpaired) electrons. The number of nitrogens with zero attached hydrogens (tertiary/aromatic N) is 2. The Morgan fingerprint density at radius 3 is 2.48 bits per heavy atom. The van der Waals surface area contributed by atoms with Crippen LogP contribution in [-0.4, -0.2) is 21.7 Å². The van der Waals surface area contributed by atoms with Gasteiger partial charge in [-0.1, -0.05) is 48.5 Å². The highest BCUT2D eigenvalue weighted by Crippen LogP contribution is 2.44. The van der Waals surface area contributed by atoms with Crippen molar-refractivity contribution in [2.24, 2.45) is 0 Å². The van der Waals surface area contributed by atoms with Gasteiger partial charge in [0.15, 0.2) is 0 Å². The Bertz CT molecular complexity index is 1450. The maximum absolute atomic E-state index is 13.3. The van der Waals surface area contributed by atoms with Crippen LogP contribution in [0.1, 0.15) is 17.4 Å². The van der Waals surface area contributed by atoms with Gasteiger partial charge in [0.25, 0.3) is 17.4 Å². The van der Waals surface area contributed by atoms with Gasteiger partial charge >= 0.3 is 0 Å². The van der Waals surface area contributed by atoms with Crippen molar-refractivity contribution in [3.63, 3.8) is 0 Å². The number of rotatable bonds is 4. The highest BCUT2D eigenvalue weighted by Gasteiger charge is 2.48. The molecule has 1 aromatic heterocycles. The van der Waals surface area contributed by atoms with E-state index in [0.717, 1.165) is 16.8 Å². The predicted octanol–water partition coefficient (Wildman–Crippen LogP) is 4.97. The lowest BCUT2D eigenvalue weighted by molar-refractivity contribution is -0.384. The number of carbonyl (C=O) groups is 2. The van der Waals surface area contributed by atoms with Crippen molar-refractivity contribution in [1.82, 2.24) is 0 Å². The summed E-state index contributed by atoms with van der Waals surface area (Å²) in [5, 5.41) is 23.9. The molecule has 0 bridgehead atoms. The molecule has 1 aliphatic heterocycles. The molecule has 3 aromatic carbocycles. The standard InChI is InChI=1S/C25H16N2O6/c28-23(16-8-3-9-17(14-16)27(31)32)21-22(20-12-5-13-33-20)26(25(30)24(21)29)19-11-4-7-15-6-1-2-10-18(15)19/h1-14,22,28H/b23-21-. The van der Waals surface area contributed by atoms with Crippen molar-refractivity contribution < 1.29 is 24.0 Å². The molecule has 1 atom stereocenters. The van der Waals surface area contributed by atoms with Crippen LogP contribution in [0.15, 0.2) is 95.1 Å². The Morgan fingerprint density at radius 1 is 0.970 bits per heavy atom. The summed E-state index contributed by atoms with van der Waals surface area (Å²) in [7, 11) is 0. The smallest absolute Gasteiger partial charge is 0.300 e. The normalized spacial score (nSPS) is 17.6. The van der Waals surface area contributed by atoms with Crippen LogP contribution in [0.4, 0.5) is 11.4 Å². The molecule has 0 spiro atoms. The highest BCUT2D eigenvalue weighted by atomic mass is 16.6. The van der Waals surface area contributed by atoms with Gasteiger partial charge in [-0.2, -0.15) is 0 Å². The molecule has 5 rings (SSSR count). The lowest BCUT2D eigenvalue weighted by atomic mass is 9.98. The molecule has 2 heterocycles. The number of non-ortho nitro benzene ring substituents is 1. The number of hydrogen-bond acceptors (Lipinski definition) is 6. The van der Waals surface area contributed by atoms with Gasteiger partial charge in [-0.15, -0.1) is 0 Å². The monoisotopic (exact) mass is 440 g/mol. The third-order valence-corrected chi connectivity index (χ3v) is 5.61. The van der Waals surface area contributed by atoms with Gasteiger partial charge in [-0.3, -0.25) is 24.6 Å². The van der Waals surface area contributed by atoms with Gasteiger partial charge in [0.1, 0.15) is 17.6 Å². The molecular weight excluding hydrogens is 424 g/mol. The number of anilines is 1. The Morgan fingerprint density at radius 2 is 1.73 bits per heavy atom. The van der Waals surface area contributed by atoms with Crippen LogP contribution < -0.4 is 4.90 Å². The summed E-state index contributed by atoms with van der Waals surface area (Å²) >= 11 is 0. The van der Waals surface area contributed by atoms with Crippen molar-refractivity contribution in [3.8, 4) is 0 Å². The minimum atomic E-state index is -1.05. The van der Waals surface area contributed by atoms with Gasteiger partial charge in [0.05, 0.1) is 22.4 Å². The molecular formula is C25H16N2O6. The lowest BCUT2D eigenvalue weighted by Crippen LogP contribution is -2.29. The molecule has 1 N–H and O–H groups in total. The van der Waals surface area contributed by atoms with E-state index < -0.39 is 28.4 Å². The van der Waals surface area contributed by atoms with Crippen LogP contribution in [0.5, 0.6) is 0 Å². The van der Waals surface area contributed by atoms with Crippen molar-refractivity contribution in [2.75, 3.05) is 4.90 Å². The van der Waals surface area contributed by atoms with E-state index in [0.29, 0.717) is 5.69 Å². The number of Topliss-reactive ketones (excluding diaryl/α,β-unsaturated/α-hetero) is 1. The second-order valence-electron chi connectivity index (χ2n) is 7.49. The molecule has 1 saturated heterocycles. The van der Waals surface area contributed by atoms with E-state index in [4.69, 9.17) is 4.42 Å². The molecule has 4 aromatic rings. The maximum atomic E-state index is 13.3. The van der Waals surface area contributed by atoms with Crippen LogP contribution in [0, 0.1) is 10.1 Å². The second kappa shape index (κ2) is 7.76. The van der Waals surface area contributed by atoms with Crippen LogP contribution in [0.2, 0.25) is 0 Å². The maximum Gasteiger partial charge on any atom is 0.300 e. The van der Waals surface area contributed by atoms with Gasteiger partial charge in [-0.05, 0) is 23.6 Å². The number of nitro groups is 1. The van der Waals surface area contributed by atoms with E-state index in [9.17, 15) is 24.8 Å². The number of fused-ring (bicyclic) bond motifs is 1. The molecule has 1 aliphatic rings. The number of ketones is 1. The Labute approximate surface area is 187 Å². The number of hydrogen-bond donors (Lipinski definition) is 1. The average Bonchev–Trinajstić information content (AvgIpc) is 3.45. The molecule has 1 unspecified atom stereocenters. The number of amides is 1. The topological polar surface area (TPSA) is 114 Å². The van der Waals surface area contributed by atoms with Crippen molar-refractivity contribution in [1.29, 1.82) is 0 Å². The largest absolute Gasteiger partial charge is 0.507 e. The van der Waals surface area contributed by atoms with E-state index in [-0.39, 0.29) is 22.6 Å². The summed E-state index contributed by atoms with van der Waals surface area (Å²) in [5.74, 6) is -1.98. The first-order valence-corrected chi connectivity index (χ1v) is 10.0. The zero-order chi connectivity index (χ0) is 23.1. The summed E-state index contributed by atoms with van der Waals surface area (Å²) in [6.07, 6.45) is 1.41. The third kappa shape index (κ3) is 3.25. The number of benzene rings is 3. The van der Waals surface area contributed by atoms with Crippen LogP contribution >= 0.6 is 0 Å². The van der Waals surface area contributed by atoms with E-state index in [1.54, 1.807) is 24.3 Å². The van der Waals surface area contributed by atoms with Crippen molar-refractivity contribution in [2.45, 2.75) is 6.04 Å². The molecule has 8 heteroatoms. The number of furan rings is 1. The second-order valence-corrected chi connectivity index (χ2v) is 7.49. The molecule has 33 heavy (non-hydrogen) atoms. The number of aliphatic hydroxyl groups is 1. The minimum absolute atomic E-state index is 0.0525. The number of nitro benzene ring substituents is 1. The van der Waals surface area contributed by atoms with Crippen molar-refractivity contribution >= 4 is 39.6 Å². The summed E-state index contributed by atoms with van der Waals surface area (Å²) in [4.78, 5) is 38.3. The SMILES string of the molecule is O=C1C(=O)N(c2cccc3ccccc23)C(c2ccco2)/C1=C(/O)c1cccc([N+](=O)[O-])c1. The van der Waals surface area contributed by atoms with Gasteiger partial charge in [0.2, 0.25) is 0 Å². The Kier molecular flexibility index (Phi) is 4.75. The van der Waals surface area contributed by atoms with Gasteiger partial charge < -0.3 is 9.52 Å². The quantitative estimate of drug-likeness (QED) is 0.158. The molecule has 1 amide bonds.